The van der Waals surface area contributed by atoms with E-state index in [4.69, 9.17) is 20.5 Å². The van der Waals surface area contributed by atoms with Crippen LogP contribution in [-0.2, 0) is 26.2 Å². The number of carbonyl (C=O) groups is 2. The van der Waals surface area contributed by atoms with Gasteiger partial charge in [-0.25, -0.2) is 13.2 Å². The SMILES string of the molecule is COc1ccc2ccc(S(=O)(=O)N[C@H]3CCN(Cc4cccc(C=NN)c4)C3=O)cc2c1.O=C(O)C(F)(F)F. The monoisotopic (exact) mass is 566 g/mol. The third-order valence-electron chi connectivity index (χ3n) is 5.71. The highest BCUT2D eigenvalue weighted by molar-refractivity contribution is 7.89. The van der Waals surface area contributed by atoms with Crippen LogP contribution in [0, 0.1) is 0 Å². The summed E-state index contributed by atoms with van der Waals surface area (Å²) in [5, 5.41) is 12.3. The van der Waals surface area contributed by atoms with Crippen LogP contribution in [0.5, 0.6) is 5.75 Å². The maximum Gasteiger partial charge on any atom is 0.490 e. The summed E-state index contributed by atoms with van der Waals surface area (Å²) in [6, 6.07) is 17.1. The minimum Gasteiger partial charge on any atom is -0.497 e. The summed E-state index contributed by atoms with van der Waals surface area (Å²) in [5.41, 5.74) is 1.75. The Labute approximate surface area is 221 Å². The number of fused-ring (bicyclic) bond motifs is 1. The first kappa shape index (κ1) is 29.4. The van der Waals surface area contributed by atoms with Gasteiger partial charge in [-0.2, -0.15) is 23.0 Å². The van der Waals surface area contributed by atoms with Gasteiger partial charge in [0.15, 0.2) is 0 Å². The number of nitrogens with two attached hydrogens (primary N) is 1. The minimum absolute atomic E-state index is 0.110. The summed E-state index contributed by atoms with van der Waals surface area (Å²) in [6.45, 7) is 0.856. The summed E-state index contributed by atoms with van der Waals surface area (Å²) in [5.74, 6) is 2.84. The Morgan fingerprint density at radius 2 is 1.87 bits per heavy atom. The first-order valence-electron chi connectivity index (χ1n) is 11.4. The molecule has 10 nitrogen and oxygen atoms in total. The number of nitrogens with one attached hydrogen (secondary N) is 1. The standard InChI is InChI=1S/C23H24N4O4S.C2HF3O2/c1-31-20-7-5-18-6-8-21(13-19(18)12-20)32(29,30)26-22-9-10-27(23(22)28)15-17-4-2-3-16(11-17)14-25-24;3-2(4,5)1(6)7/h2-8,11-14,22,26H,9-10,15,24H2,1H3;(H,6,7)/t22-;/m0./s1. The summed E-state index contributed by atoms with van der Waals surface area (Å²) in [4.78, 5) is 23.5. The number of rotatable bonds is 7. The molecule has 0 spiro atoms. The average Bonchev–Trinajstić information content (AvgIpc) is 3.21. The van der Waals surface area contributed by atoms with Crippen LogP contribution >= 0.6 is 0 Å². The molecule has 0 aromatic heterocycles. The van der Waals surface area contributed by atoms with Gasteiger partial charge in [0.25, 0.3) is 0 Å². The number of carbonyl (C=O) groups excluding carboxylic acids is 1. The average molecular weight is 567 g/mol. The highest BCUT2D eigenvalue weighted by Gasteiger charge is 2.38. The predicted molar refractivity (Wildman–Crippen MR) is 137 cm³/mol. The Morgan fingerprint density at radius 1 is 1.18 bits per heavy atom. The Kier molecular flexibility index (Phi) is 9.14. The Balaban J connectivity index is 0.000000532. The maximum atomic E-state index is 13.0. The van der Waals surface area contributed by atoms with E-state index in [0.29, 0.717) is 25.3 Å². The van der Waals surface area contributed by atoms with E-state index in [1.807, 2.05) is 36.4 Å². The van der Waals surface area contributed by atoms with Crippen LogP contribution in [0.4, 0.5) is 13.2 Å². The topological polar surface area (TPSA) is 151 Å². The molecule has 1 atom stereocenters. The molecule has 1 aliphatic heterocycles. The largest absolute Gasteiger partial charge is 0.497 e. The van der Waals surface area contributed by atoms with Gasteiger partial charge in [-0.05, 0) is 58.7 Å². The summed E-state index contributed by atoms with van der Waals surface area (Å²) in [6.07, 6.45) is -3.14. The summed E-state index contributed by atoms with van der Waals surface area (Å²) in [7, 11) is -2.31. The number of carboxylic acid groups (broad SMARTS) is 1. The molecule has 1 aliphatic rings. The molecule has 4 rings (SSSR count). The molecular formula is C25H25F3N4O6S. The quantitative estimate of drug-likeness (QED) is 0.226. The molecule has 0 bridgehead atoms. The van der Waals surface area contributed by atoms with Gasteiger partial charge < -0.3 is 20.6 Å². The van der Waals surface area contributed by atoms with E-state index in [9.17, 15) is 26.4 Å². The van der Waals surface area contributed by atoms with Crippen molar-refractivity contribution in [3.8, 4) is 5.75 Å². The molecule has 39 heavy (non-hydrogen) atoms. The van der Waals surface area contributed by atoms with Gasteiger partial charge in [-0.15, -0.1) is 0 Å². The number of carboxylic acids is 1. The van der Waals surface area contributed by atoms with Crippen molar-refractivity contribution < 1.29 is 41.0 Å². The lowest BCUT2D eigenvalue weighted by molar-refractivity contribution is -0.192. The van der Waals surface area contributed by atoms with E-state index in [1.165, 1.54) is 6.21 Å². The second-order valence-corrected chi connectivity index (χ2v) is 10.1. The van der Waals surface area contributed by atoms with E-state index >= 15 is 0 Å². The molecule has 4 N–H and O–H groups in total. The molecule has 0 radical (unpaired) electrons. The summed E-state index contributed by atoms with van der Waals surface area (Å²) >= 11 is 0. The lowest BCUT2D eigenvalue weighted by Crippen LogP contribution is -2.41. The number of alkyl halides is 3. The van der Waals surface area contributed by atoms with Crippen molar-refractivity contribution in [2.24, 2.45) is 10.9 Å². The normalized spacial score (nSPS) is 15.8. The molecule has 0 unspecified atom stereocenters. The smallest absolute Gasteiger partial charge is 0.490 e. The molecule has 1 saturated heterocycles. The van der Waals surface area contributed by atoms with Gasteiger partial charge in [-0.1, -0.05) is 30.3 Å². The van der Waals surface area contributed by atoms with Crippen LogP contribution in [-0.4, -0.2) is 62.4 Å². The number of nitrogens with zero attached hydrogens (tertiary/aromatic N) is 2. The number of halogens is 3. The fourth-order valence-electron chi connectivity index (χ4n) is 3.84. The van der Waals surface area contributed by atoms with Crippen LogP contribution in [0.1, 0.15) is 17.5 Å². The molecule has 1 fully saturated rings. The number of ether oxygens (including phenoxy) is 1. The number of hydrogen-bond donors (Lipinski definition) is 3. The van der Waals surface area contributed by atoms with Crippen molar-refractivity contribution in [1.82, 2.24) is 9.62 Å². The second-order valence-electron chi connectivity index (χ2n) is 8.42. The van der Waals surface area contributed by atoms with Crippen LogP contribution < -0.4 is 15.3 Å². The summed E-state index contributed by atoms with van der Waals surface area (Å²) < 4.78 is 65.5. The number of aliphatic carboxylic acids is 1. The molecule has 14 heteroatoms. The van der Waals surface area contributed by atoms with E-state index < -0.39 is 28.2 Å². The Morgan fingerprint density at radius 3 is 2.51 bits per heavy atom. The number of amides is 1. The van der Waals surface area contributed by atoms with Crippen LogP contribution in [0.3, 0.4) is 0 Å². The number of likely N-dealkylation sites (tertiary alicyclic amines) is 1. The van der Waals surface area contributed by atoms with Gasteiger partial charge in [-0.3, -0.25) is 4.79 Å². The fourth-order valence-corrected chi connectivity index (χ4v) is 5.09. The second kappa shape index (κ2) is 12.1. The zero-order valence-electron chi connectivity index (χ0n) is 20.6. The van der Waals surface area contributed by atoms with Gasteiger partial charge in [0.1, 0.15) is 11.8 Å². The van der Waals surface area contributed by atoms with Crippen molar-refractivity contribution in [2.75, 3.05) is 13.7 Å². The van der Waals surface area contributed by atoms with Crippen molar-refractivity contribution >= 4 is 38.9 Å². The Bertz CT molecular complexity index is 1490. The van der Waals surface area contributed by atoms with Crippen LogP contribution in [0.25, 0.3) is 10.8 Å². The molecular weight excluding hydrogens is 541 g/mol. The van der Waals surface area contributed by atoms with E-state index in [-0.39, 0.29) is 10.8 Å². The maximum absolute atomic E-state index is 13.0. The third kappa shape index (κ3) is 7.67. The number of methoxy groups -OCH3 is 1. The van der Waals surface area contributed by atoms with Crippen molar-refractivity contribution in [3.05, 3.63) is 71.8 Å². The highest BCUT2D eigenvalue weighted by atomic mass is 32.2. The molecule has 1 amide bonds. The molecule has 0 aliphatic carbocycles. The van der Waals surface area contributed by atoms with Gasteiger partial charge in [0, 0.05) is 13.1 Å². The third-order valence-corrected chi connectivity index (χ3v) is 7.18. The molecule has 0 saturated carbocycles. The van der Waals surface area contributed by atoms with Gasteiger partial charge in [0.05, 0.1) is 18.2 Å². The highest BCUT2D eigenvalue weighted by Crippen LogP contribution is 2.25. The zero-order valence-corrected chi connectivity index (χ0v) is 21.4. The number of sulfonamides is 1. The lowest BCUT2D eigenvalue weighted by Gasteiger charge is -2.18. The zero-order chi connectivity index (χ0) is 28.8. The first-order chi connectivity index (χ1) is 18.3. The van der Waals surface area contributed by atoms with E-state index in [2.05, 4.69) is 9.82 Å². The number of benzene rings is 3. The molecule has 3 aromatic carbocycles. The van der Waals surface area contributed by atoms with E-state index in [0.717, 1.165) is 21.9 Å². The predicted octanol–water partition coefficient (Wildman–Crippen LogP) is 2.85. The number of hydrazone groups is 1. The number of hydrogen-bond acceptors (Lipinski definition) is 7. The van der Waals surface area contributed by atoms with Crippen molar-refractivity contribution in [2.45, 2.75) is 30.1 Å². The van der Waals surface area contributed by atoms with Crippen molar-refractivity contribution in [3.63, 3.8) is 0 Å². The van der Waals surface area contributed by atoms with Crippen molar-refractivity contribution in [1.29, 1.82) is 0 Å². The first-order valence-corrected chi connectivity index (χ1v) is 12.8. The minimum atomic E-state index is -5.08. The lowest BCUT2D eigenvalue weighted by atomic mass is 10.1. The molecule has 208 valence electrons. The van der Waals surface area contributed by atoms with Crippen LogP contribution in [0.2, 0.25) is 0 Å². The van der Waals surface area contributed by atoms with Gasteiger partial charge >= 0.3 is 12.1 Å². The Hall–Kier alpha value is -4.17. The fraction of sp³-hybridized carbons (Fsp3) is 0.240. The van der Waals surface area contributed by atoms with Crippen LogP contribution in [0.15, 0.2) is 70.7 Å². The molecule has 1 heterocycles. The van der Waals surface area contributed by atoms with Gasteiger partial charge in [0.2, 0.25) is 15.9 Å². The molecule has 3 aromatic rings. The van der Waals surface area contributed by atoms with E-state index in [1.54, 1.807) is 36.3 Å².